The average Bonchev–Trinajstić information content (AvgIpc) is 2.67. The maximum atomic E-state index is 12.5. The summed E-state index contributed by atoms with van der Waals surface area (Å²) in [5.41, 5.74) is 1.73. The number of hydrogen-bond acceptors (Lipinski definition) is 3. The first kappa shape index (κ1) is 9.98. The molecular weight excluding hydrogens is 211 g/mol. The number of nitrogens with zero attached hydrogens (tertiary/aromatic N) is 2. The molecule has 0 amide bonds. The molecule has 0 aliphatic heterocycles. The van der Waals surface area contributed by atoms with Crippen LogP contribution in [0.2, 0.25) is 0 Å². The molecule has 4 heteroatoms. The van der Waals surface area contributed by atoms with E-state index in [2.05, 4.69) is 16.9 Å². The highest BCUT2D eigenvalue weighted by Crippen LogP contribution is 2.25. The first-order valence-corrected chi connectivity index (χ1v) is 5.18. The van der Waals surface area contributed by atoms with Gasteiger partial charge in [-0.2, -0.15) is 0 Å². The lowest BCUT2D eigenvalue weighted by Crippen LogP contribution is -1.80. The van der Waals surface area contributed by atoms with Gasteiger partial charge in [-0.3, -0.25) is 9.97 Å². The molecule has 2 heterocycles. The van der Waals surface area contributed by atoms with E-state index in [0.29, 0.717) is 0 Å². The van der Waals surface area contributed by atoms with Gasteiger partial charge < -0.3 is 0 Å². The van der Waals surface area contributed by atoms with Gasteiger partial charge in [-0.05, 0) is 12.1 Å². The second-order valence-electron chi connectivity index (χ2n) is 2.92. The minimum atomic E-state index is -0.442. The van der Waals surface area contributed by atoms with Crippen molar-refractivity contribution >= 4 is 17.4 Å². The Labute approximate surface area is 91.1 Å². The van der Waals surface area contributed by atoms with Gasteiger partial charge in [-0.25, -0.2) is 4.39 Å². The molecule has 15 heavy (non-hydrogen) atoms. The number of hydrogen-bond donors (Lipinski definition) is 0. The van der Waals surface area contributed by atoms with E-state index in [1.807, 2.05) is 11.4 Å². The van der Waals surface area contributed by atoms with Crippen molar-refractivity contribution in [3.05, 3.63) is 47.7 Å². The van der Waals surface area contributed by atoms with Crippen LogP contribution in [0.25, 0.3) is 17.3 Å². The van der Waals surface area contributed by atoms with E-state index in [0.717, 1.165) is 16.1 Å². The lowest BCUT2D eigenvalue weighted by Gasteiger charge is -1.92. The molecule has 0 aromatic carbocycles. The monoisotopic (exact) mass is 219 g/mol. The Morgan fingerprint density at radius 1 is 1.47 bits per heavy atom. The maximum absolute atomic E-state index is 12.5. The van der Waals surface area contributed by atoms with Crippen LogP contribution in [0.5, 0.6) is 0 Å². The molecule has 0 atom stereocenters. The fourth-order valence-electron chi connectivity index (χ4n) is 1.17. The van der Waals surface area contributed by atoms with Crippen molar-refractivity contribution in [2.45, 2.75) is 0 Å². The van der Waals surface area contributed by atoms with E-state index in [4.69, 9.17) is 0 Å². The second-order valence-corrected chi connectivity index (χ2v) is 3.86. The zero-order valence-corrected chi connectivity index (χ0v) is 8.67. The van der Waals surface area contributed by atoms with Gasteiger partial charge in [0.05, 0.1) is 11.9 Å². The number of thiophene rings is 1. The highest BCUT2D eigenvalue weighted by atomic mass is 32.1. The van der Waals surface area contributed by atoms with Gasteiger partial charge in [-0.1, -0.05) is 0 Å². The van der Waals surface area contributed by atoms with Crippen LogP contribution in [0.3, 0.4) is 0 Å². The van der Waals surface area contributed by atoms with Crippen LogP contribution in [0, 0.1) is 6.92 Å². The van der Waals surface area contributed by atoms with E-state index < -0.39 is 5.83 Å². The number of halogens is 1. The molecule has 0 aliphatic rings. The predicted octanol–water partition coefficient (Wildman–Crippen LogP) is 3.35. The van der Waals surface area contributed by atoms with Gasteiger partial charge in [0.25, 0.3) is 0 Å². The summed E-state index contributed by atoms with van der Waals surface area (Å²) < 4.78 is 12.5. The molecule has 2 aromatic rings. The molecule has 0 bridgehead atoms. The summed E-state index contributed by atoms with van der Waals surface area (Å²) in [6, 6.07) is 1.86. The van der Waals surface area contributed by atoms with E-state index in [1.165, 1.54) is 17.4 Å². The number of rotatable bonds is 2. The van der Waals surface area contributed by atoms with Gasteiger partial charge >= 0.3 is 0 Å². The maximum Gasteiger partial charge on any atom is 0.102 e. The molecule has 75 valence electrons. The van der Waals surface area contributed by atoms with Gasteiger partial charge in [0.1, 0.15) is 5.83 Å². The Kier molecular flexibility index (Phi) is 2.87. The van der Waals surface area contributed by atoms with Crippen LogP contribution in [-0.2, 0) is 0 Å². The molecule has 0 spiro atoms. The van der Waals surface area contributed by atoms with E-state index in [9.17, 15) is 4.39 Å². The van der Waals surface area contributed by atoms with E-state index >= 15 is 0 Å². The zero-order chi connectivity index (χ0) is 10.7. The van der Waals surface area contributed by atoms with Crippen LogP contribution in [0.1, 0.15) is 4.88 Å². The van der Waals surface area contributed by atoms with Gasteiger partial charge in [0.2, 0.25) is 0 Å². The quantitative estimate of drug-likeness (QED) is 0.774. The normalized spacial score (nSPS) is 11.7. The Morgan fingerprint density at radius 2 is 2.33 bits per heavy atom. The van der Waals surface area contributed by atoms with E-state index in [-0.39, 0.29) is 0 Å². The number of allylic oxidation sites excluding steroid dienone is 1. The third-order valence-corrected chi connectivity index (χ3v) is 2.66. The molecule has 2 nitrogen and oxygen atoms in total. The second kappa shape index (κ2) is 4.31. The Balaban J connectivity index is 2.32. The summed E-state index contributed by atoms with van der Waals surface area (Å²) in [5.74, 6) is -0.442. The first-order valence-electron chi connectivity index (χ1n) is 4.30. The topological polar surface area (TPSA) is 25.8 Å². The van der Waals surface area contributed by atoms with Gasteiger partial charge in [-0.15, -0.1) is 11.3 Å². The molecule has 0 saturated heterocycles. The van der Waals surface area contributed by atoms with Crippen LogP contribution in [-0.4, -0.2) is 9.97 Å². The Bertz CT molecular complexity index is 472. The molecule has 0 N–H and O–H groups in total. The summed E-state index contributed by atoms with van der Waals surface area (Å²) in [5, 5.41) is 1.92. The SMILES string of the molecule is [CH2]/C(F)=C\c1cc(-c2cnccn2)cs1. The van der Waals surface area contributed by atoms with Crippen molar-refractivity contribution < 1.29 is 4.39 Å². The largest absolute Gasteiger partial charge is 0.261 e. The van der Waals surface area contributed by atoms with Crippen molar-refractivity contribution in [2.24, 2.45) is 0 Å². The summed E-state index contributed by atoms with van der Waals surface area (Å²) >= 11 is 1.45. The van der Waals surface area contributed by atoms with Crippen molar-refractivity contribution in [2.75, 3.05) is 0 Å². The van der Waals surface area contributed by atoms with Crippen LogP contribution in [0.4, 0.5) is 4.39 Å². The van der Waals surface area contributed by atoms with E-state index in [1.54, 1.807) is 18.6 Å². The third-order valence-electron chi connectivity index (χ3n) is 1.78. The average molecular weight is 219 g/mol. The van der Waals surface area contributed by atoms with Crippen molar-refractivity contribution in [1.82, 2.24) is 9.97 Å². The third kappa shape index (κ3) is 2.47. The molecule has 0 aliphatic carbocycles. The summed E-state index contributed by atoms with van der Waals surface area (Å²) in [6.45, 7) is 3.19. The summed E-state index contributed by atoms with van der Waals surface area (Å²) in [4.78, 5) is 8.95. The fraction of sp³-hybridized carbons (Fsp3) is 0. The minimum absolute atomic E-state index is 0.442. The molecule has 2 rings (SSSR count). The Hall–Kier alpha value is -1.55. The molecule has 0 saturated carbocycles. The molecular formula is C11H8FN2S. The summed E-state index contributed by atoms with van der Waals surface area (Å²) in [6.07, 6.45) is 6.32. The Morgan fingerprint density at radius 3 is 3.00 bits per heavy atom. The summed E-state index contributed by atoms with van der Waals surface area (Å²) in [7, 11) is 0. The smallest absolute Gasteiger partial charge is 0.102 e. The van der Waals surface area contributed by atoms with Gasteiger partial charge in [0.15, 0.2) is 0 Å². The van der Waals surface area contributed by atoms with Crippen LogP contribution < -0.4 is 0 Å². The first-order chi connectivity index (χ1) is 7.25. The minimum Gasteiger partial charge on any atom is -0.261 e. The van der Waals surface area contributed by atoms with Crippen LogP contribution >= 0.6 is 11.3 Å². The lowest BCUT2D eigenvalue weighted by atomic mass is 10.2. The highest BCUT2D eigenvalue weighted by Gasteiger charge is 2.02. The number of aromatic nitrogens is 2. The van der Waals surface area contributed by atoms with Crippen molar-refractivity contribution in [3.8, 4) is 11.3 Å². The van der Waals surface area contributed by atoms with Gasteiger partial charge in [0, 0.05) is 35.1 Å². The molecule has 1 radical (unpaired) electrons. The van der Waals surface area contributed by atoms with Crippen molar-refractivity contribution in [1.29, 1.82) is 0 Å². The predicted molar refractivity (Wildman–Crippen MR) is 59.8 cm³/mol. The highest BCUT2D eigenvalue weighted by molar-refractivity contribution is 7.11. The lowest BCUT2D eigenvalue weighted by molar-refractivity contribution is 0.673. The molecule has 0 unspecified atom stereocenters. The standard InChI is InChI=1S/C11H8FN2S/c1-8(12)4-10-5-9(7-15-10)11-6-13-2-3-14-11/h2-7H,1H2/b8-4+. The van der Waals surface area contributed by atoms with Crippen molar-refractivity contribution in [3.63, 3.8) is 0 Å². The fourth-order valence-corrected chi connectivity index (χ4v) is 2.01. The molecule has 2 aromatic heterocycles. The van der Waals surface area contributed by atoms with Crippen LogP contribution in [0.15, 0.2) is 35.9 Å². The zero-order valence-electron chi connectivity index (χ0n) is 7.85. The molecule has 0 fully saturated rings.